The Balaban J connectivity index is 1.61. The highest BCUT2D eigenvalue weighted by Crippen LogP contribution is 2.24. The van der Waals surface area contributed by atoms with Crippen LogP contribution in [0.5, 0.6) is 0 Å². The largest absolute Gasteiger partial charge is 0.472 e. The van der Waals surface area contributed by atoms with E-state index in [0.29, 0.717) is 0 Å². The Kier molecular flexibility index (Phi) is 3.71. The molecule has 0 fully saturated rings. The van der Waals surface area contributed by atoms with Crippen LogP contribution < -0.4 is 5.32 Å². The normalized spacial score (nSPS) is 12.7. The molecule has 3 aromatic heterocycles. The Morgan fingerprint density at radius 2 is 2.25 bits per heavy atom. The molecule has 20 heavy (non-hydrogen) atoms. The fraction of sp³-hybridized carbons (Fsp3) is 0.267. The predicted octanol–water partition coefficient (Wildman–Crippen LogP) is 4.16. The fourth-order valence-electron chi connectivity index (χ4n) is 1.95. The van der Waals surface area contributed by atoms with Crippen LogP contribution in [0, 0.1) is 6.92 Å². The Bertz CT molecular complexity index is 670. The van der Waals surface area contributed by atoms with Crippen LogP contribution in [0.3, 0.4) is 0 Å². The maximum atomic E-state index is 5.61. The molecule has 0 aromatic carbocycles. The lowest BCUT2D eigenvalue weighted by atomic mass is 10.2. The van der Waals surface area contributed by atoms with Gasteiger partial charge in [-0.3, -0.25) is 0 Å². The van der Waals surface area contributed by atoms with Crippen molar-refractivity contribution in [2.75, 3.05) is 0 Å². The van der Waals surface area contributed by atoms with E-state index in [2.05, 4.69) is 22.6 Å². The summed E-state index contributed by atoms with van der Waals surface area (Å²) in [6.07, 6.45) is 3.38. The molecule has 0 aliphatic carbocycles. The number of rotatable bonds is 5. The van der Waals surface area contributed by atoms with Crippen LogP contribution in [-0.4, -0.2) is 4.98 Å². The summed E-state index contributed by atoms with van der Waals surface area (Å²) in [7, 11) is 0. The van der Waals surface area contributed by atoms with Crippen molar-refractivity contribution in [2.24, 2.45) is 0 Å². The molecule has 0 amide bonds. The van der Waals surface area contributed by atoms with Crippen molar-refractivity contribution in [1.29, 1.82) is 0 Å². The van der Waals surface area contributed by atoms with E-state index >= 15 is 0 Å². The molecule has 0 bridgehead atoms. The molecular formula is C15H16N2O2S. The molecule has 0 aliphatic heterocycles. The molecular weight excluding hydrogens is 272 g/mol. The molecule has 3 rings (SSSR count). The van der Waals surface area contributed by atoms with Gasteiger partial charge in [-0.15, -0.1) is 11.3 Å². The van der Waals surface area contributed by atoms with Crippen molar-refractivity contribution < 1.29 is 8.83 Å². The van der Waals surface area contributed by atoms with Crippen molar-refractivity contribution in [3.63, 3.8) is 0 Å². The second-order valence-electron chi connectivity index (χ2n) is 4.71. The van der Waals surface area contributed by atoms with Gasteiger partial charge < -0.3 is 14.2 Å². The maximum Gasteiger partial charge on any atom is 0.126 e. The van der Waals surface area contributed by atoms with Gasteiger partial charge in [-0.25, -0.2) is 4.98 Å². The van der Waals surface area contributed by atoms with E-state index in [-0.39, 0.29) is 6.04 Å². The summed E-state index contributed by atoms with van der Waals surface area (Å²) in [4.78, 5) is 4.59. The van der Waals surface area contributed by atoms with Gasteiger partial charge in [0.2, 0.25) is 0 Å². The van der Waals surface area contributed by atoms with E-state index in [1.165, 1.54) is 0 Å². The number of nitrogens with one attached hydrogen (secondary N) is 1. The quantitative estimate of drug-likeness (QED) is 0.766. The summed E-state index contributed by atoms with van der Waals surface area (Å²) in [6.45, 7) is 4.75. The molecule has 0 aliphatic rings. The van der Waals surface area contributed by atoms with Crippen molar-refractivity contribution in [1.82, 2.24) is 10.3 Å². The Morgan fingerprint density at radius 3 is 2.95 bits per heavy atom. The first kappa shape index (κ1) is 13.1. The Morgan fingerprint density at radius 1 is 1.35 bits per heavy atom. The molecule has 0 saturated carbocycles. The zero-order valence-electron chi connectivity index (χ0n) is 11.4. The van der Waals surface area contributed by atoms with E-state index in [4.69, 9.17) is 8.83 Å². The Labute approximate surface area is 121 Å². The van der Waals surface area contributed by atoms with Crippen LogP contribution in [0.15, 0.2) is 44.9 Å². The lowest BCUT2D eigenvalue weighted by Gasteiger charge is -2.09. The molecule has 1 atom stereocenters. The van der Waals surface area contributed by atoms with Crippen LogP contribution in [0.4, 0.5) is 0 Å². The SMILES string of the molecule is Cc1ccc([C@H](C)NCc2csc(-c3ccoc3)n2)o1. The molecule has 3 aromatic rings. The first-order valence-electron chi connectivity index (χ1n) is 6.49. The lowest BCUT2D eigenvalue weighted by molar-refractivity contribution is 0.415. The summed E-state index contributed by atoms with van der Waals surface area (Å²) in [5.41, 5.74) is 2.05. The molecule has 104 valence electrons. The first-order chi connectivity index (χ1) is 9.72. The minimum absolute atomic E-state index is 0.169. The predicted molar refractivity (Wildman–Crippen MR) is 78.5 cm³/mol. The van der Waals surface area contributed by atoms with Crippen molar-refractivity contribution in [2.45, 2.75) is 26.4 Å². The van der Waals surface area contributed by atoms with Gasteiger partial charge in [0, 0.05) is 17.5 Å². The minimum atomic E-state index is 0.169. The van der Waals surface area contributed by atoms with Gasteiger partial charge in [0.05, 0.1) is 18.0 Å². The van der Waals surface area contributed by atoms with E-state index < -0.39 is 0 Å². The van der Waals surface area contributed by atoms with Crippen molar-refractivity contribution in [3.8, 4) is 10.6 Å². The average molecular weight is 288 g/mol. The van der Waals surface area contributed by atoms with Crippen LogP contribution in [0.25, 0.3) is 10.6 Å². The number of aryl methyl sites for hydroxylation is 1. The molecule has 3 heterocycles. The number of hydrogen-bond donors (Lipinski definition) is 1. The monoisotopic (exact) mass is 288 g/mol. The highest BCUT2D eigenvalue weighted by molar-refractivity contribution is 7.13. The van der Waals surface area contributed by atoms with Gasteiger partial charge in [-0.2, -0.15) is 0 Å². The second-order valence-corrected chi connectivity index (χ2v) is 5.57. The van der Waals surface area contributed by atoms with Gasteiger partial charge in [0.25, 0.3) is 0 Å². The van der Waals surface area contributed by atoms with Gasteiger partial charge in [-0.05, 0) is 32.0 Å². The standard InChI is InChI=1S/C15H16N2O2S/c1-10-3-4-14(19-10)11(2)16-7-13-9-20-15(17-13)12-5-6-18-8-12/h3-6,8-9,11,16H,7H2,1-2H3/t11-/m0/s1. The molecule has 0 radical (unpaired) electrons. The van der Waals surface area contributed by atoms with Crippen LogP contribution in [0.2, 0.25) is 0 Å². The second kappa shape index (κ2) is 5.64. The van der Waals surface area contributed by atoms with Crippen LogP contribution >= 0.6 is 11.3 Å². The number of thiazole rings is 1. The zero-order chi connectivity index (χ0) is 13.9. The number of aromatic nitrogens is 1. The van der Waals surface area contributed by atoms with Gasteiger partial charge in [0.15, 0.2) is 0 Å². The average Bonchev–Trinajstić information content (AvgIpc) is 3.16. The zero-order valence-corrected chi connectivity index (χ0v) is 12.2. The maximum absolute atomic E-state index is 5.61. The third kappa shape index (κ3) is 2.84. The summed E-state index contributed by atoms with van der Waals surface area (Å²) in [5, 5.41) is 6.46. The minimum Gasteiger partial charge on any atom is -0.472 e. The van der Waals surface area contributed by atoms with Crippen molar-refractivity contribution >= 4 is 11.3 Å². The molecule has 5 heteroatoms. The molecule has 4 nitrogen and oxygen atoms in total. The lowest BCUT2D eigenvalue weighted by Crippen LogP contribution is -2.17. The summed E-state index contributed by atoms with van der Waals surface area (Å²) in [5.74, 6) is 1.89. The van der Waals surface area contributed by atoms with Crippen molar-refractivity contribution in [3.05, 3.63) is 53.3 Å². The third-order valence-electron chi connectivity index (χ3n) is 3.10. The first-order valence-corrected chi connectivity index (χ1v) is 7.37. The number of hydrogen-bond acceptors (Lipinski definition) is 5. The van der Waals surface area contributed by atoms with E-state index in [1.807, 2.05) is 25.1 Å². The number of nitrogens with zero attached hydrogens (tertiary/aromatic N) is 1. The highest BCUT2D eigenvalue weighted by Gasteiger charge is 2.10. The van der Waals surface area contributed by atoms with Crippen LogP contribution in [0.1, 0.15) is 30.2 Å². The number of furan rings is 2. The fourth-order valence-corrected chi connectivity index (χ4v) is 2.76. The van der Waals surface area contributed by atoms with E-state index in [0.717, 1.165) is 34.3 Å². The van der Waals surface area contributed by atoms with Crippen LogP contribution in [-0.2, 0) is 6.54 Å². The Hall–Kier alpha value is -1.85. The molecule has 1 N–H and O–H groups in total. The van der Waals surface area contributed by atoms with Gasteiger partial charge in [0.1, 0.15) is 22.8 Å². The summed E-state index contributed by atoms with van der Waals surface area (Å²) < 4.78 is 10.7. The third-order valence-corrected chi connectivity index (χ3v) is 4.04. The topological polar surface area (TPSA) is 51.2 Å². The summed E-state index contributed by atoms with van der Waals surface area (Å²) in [6, 6.07) is 6.07. The van der Waals surface area contributed by atoms with Gasteiger partial charge in [-0.1, -0.05) is 0 Å². The smallest absolute Gasteiger partial charge is 0.126 e. The van der Waals surface area contributed by atoms with E-state index in [1.54, 1.807) is 23.9 Å². The van der Waals surface area contributed by atoms with Gasteiger partial charge >= 0.3 is 0 Å². The molecule has 0 saturated heterocycles. The molecule has 0 spiro atoms. The summed E-state index contributed by atoms with van der Waals surface area (Å²) >= 11 is 1.62. The highest BCUT2D eigenvalue weighted by atomic mass is 32.1. The molecule has 0 unspecified atom stereocenters. The van der Waals surface area contributed by atoms with E-state index in [9.17, 15) is 0 Å².